The van der Waals surface area contributed by atoms with Crippen molar-refractivity contribution < 1.29 is 28.6 Å². The van der Waals surface area contributed by atoms with Crippen LogP contribution < -0.4 is 26.4 Å². The van der Waals surface area contributed by atoms with Crippen molar-refractivity contribution in [1.29, 1.82) is 0 Å². The van der Waals surface area contributed by atoms with Crippen LogP contribution in [-0.4, -0.2) is 76.3 Å². The minimum atomic E-state index is -2.02. The second-order valence-corrected chi connectivity index (χ2v) is 13.3. The molecule has 17 heteroatoms. The fraction of sp³-hybridized carbons (Fsp3) is 0.419. The lowest BCUT2D eigenvalue weighted by molar-refractivity contribution is -0.137. The van der Waals surface area contributed by atoms with Gasteiger partial charge < -0.3 is 23.6 Å². The number of halogens is 2. The highest BCUT2D eigenvalue weighted by atomic mass is 35.5. The van der Waals surface area contributed by atoms with Crippen LogP contribution in [-0.2, 0) is 42.8 Å². The monoisotopic (exact) mass is 700 g/mol. The number of rotatable bonds is 7. The Hall–Kier alpha value is -4.60. The zero-order chi connectivity index (χ0) is 34.4. The zero-order valence-corrected chi connectivity index (χ0v) is 27.7. The Labute approximate surface area is 281 Å². The fourth-order valence-electron chi connectivity index (χ4n) is 7.28. The van der Waals surface area contributed by atoms with E-state index in [1.807, 2.05) is 0 Å². The van der Waals surface area contributed by atoms with Gasteiger partial charge in [0.15, 0.2) is 21.2 Å². The van der Waals surface area contributed by atoms with Crippen LogP contribution in [0.15, 0.2) is 54.7 Å². The summed E-state index contributed by atoms with van der Waals surface area (Å²) < 4.78 is 21.4. The number of nitrogens with zero attached hydrogens (tertiary/aromatic N) is 6. The number of hydrogen-bond acceptors (Lipinski definition) is 10. The molecule has 0 bridgehead atoms. The van der Waals surface area contributed by atoms with Gasteiger partial charge in [0.25, 0.3) is 17.4 Å². The van der Waals surface area contributed by atoms with Crippen molar-refractivity contribution in [2.24, 2.45) is 7.05 Å². The van der Waals surface area contributed by atoms with Gasteiger partial charge in [-0.2, -0.15) is 0 Å². The SMILES string of the molecule is COc1cc2nc(CCn3c(=O)n4n(c3=O)C3CC5(Cl)C(=O)N(C)C(=O)C5(Cl)C(c5ccc(CO)o5)C3=CC4)c(=O)n(C)c2cc1OC. The van der Waals surface area contributed by atoms with E-state index in [0.29, 0.717) is 28.1 Å². The molecule has 1 saturated heterocycles. The van der Waals surface area contributed by atoms with Gasteiger partial charge in [0.05, 0.1) is 43.8 Å². The number of aliphatic hydroxyl groups is 1. The lowest BCUT2D eigenvalue weighted by atomic mass is 9.65. The minimum Gasteiger partial charge on any atom is -0.493 e. The molecule has 1 N–H and O–H groups in total. The molecule has 3 aromatic heterocycles. The number of imide groups is 1. The number of furan rings is 1. The number of fused-ring (bicyclic) bond motifs is 5. The number of hydrogen-bond donors (Lipinski definition) is 1. The van der Waals surface area contributed by atoms with E-state index < -0.39 is 57.1 Å². The van der Waals surface area contributed by atoms with Gasteiger partial charge in [0.2, 0.25) is 0 Å². The van der Waals surface area contributed by atoms with Gasteiger partial charge in [-0.25, -0.2) is 28.5 Å². The summed E-state index contributed by atoms with van der Waals surface area (Å²) in [6.07, 6.45) is 1.35. The predicted octanol–water partition coefficient (Wildman–Crippen LogP) is 1.03. The number of aromatic nitrogens is 5. The van der Waals surface area contributed by atoms with Crippen molar-refractivity contribution in [3.63, 3.8) is 0 Å². The molecule has 4 atom stereocenters. The molecule has 7 rings (SSSR count). The van der Waals surface area contributed by atoms with Crippen LogP contribution in [0.2, 0.25) is 0 Å². The lowest BCUT2D eigenvalue weighted by Gasteiger charge is -2.48. The van der Waals surface area contributed by atoms with Crippen LogP contribution in [0.3, 0.4) is 0 Å². The molecule has 0 spiro atoms. The molecule has 48 heavy (non-hydrogen) atoms. The van der Waals surface area contributed by atoms with E-state index in [0.717, 1.165) is 9.47 Å². The van der Waals surface area contributed by atoms with Crippen LogP contribution >= 0.6 is 23.2 Å². The Balaban J connectivity index is 1.30. The number of benzene rings is 1. The molecule has 5 heterocycles. The number of amides is 2. The molecule has 4 unspecified atom stereocenters. The van der Waals surface area contributed by atoms with Crippen molar-refractivity contribution in [2.45, 2.75) is 54.2 Å². The lowest BCUT2D eigenvalue weighted by Crippen LogP contribution is -2.59. The smallest absolute Gasteiger partial charge is 0.347 e. The predicted molar refractivity (Wildman–Crippen MR) is 171 cm³/mol. The first-order chi connectivity index (χ1) is 22.8. The molecule has 1 aliphatic carbocycles. The standard InChI is InChI=1S/C31H30Cl2N6O9/c1-35-19-12-23(47-4)22(46-3)11-18(19)34-17(25(35)41)8-9-37-28(44)38-10-7-16-20(39(38)29(37)45)13-30(32)26(42)36(2)27(43)31(30,33)24(16)21-6-5-15(14-40)48-21/h5-7,11-12,20,24,40H,8-10,13-14H2,1-4H3. The van der Waals surface area contributed by atoms with E-state index >= 15 is 0 Å². The van der Waals surface area contributed by atoms with Crippen LogP contribution in [0.4, 0.5) is 0 Å². The summed E-state index contributed by atoms with van der Waals surface area (Å²) in [5.41, 5.74) is -0.228. The van der Waals surface area contributed by atoms with Crippen molar-refractivity contribution >= 4 is 46.0 Å². The van der Waals surface area contributed by atoms with Gasteiger partial charge in [0, 0.05) is 45.6 Å². The molecule has 252 valence electrons. The van der Waals surface area contributed by atoms with E-state index in [2.05, 4.69) is 4.98 Å². The van der Waals surface area contributed by atoms with Crippen LogP contribution in [0, 0.1) is 0 Å². The quantitative estimate of drug-likeness (QED) is 0.167. The molecule has 15 nitrogen and oxygen atoms in total. The number of ether oxygens (including phenoxy) is 2. The second-order valence-electron chi connectivity index (χ2n) is 12.0. The van der Waals surface area contributed by atoms with Crippen molar-refractivity contribution in [2.75, 3.05) is 21.3 Å². The van der Waals surface area contributed by atoms with Crippen molar-refractivity contribution in [3.05, 3.63) is 84.5 Å². The number of likely N-dealkylation sites (tertiary alicyclic amines) is 1. The topological polar surface area (TPSA) is 173 Å². The Bertz CT molecular complexity index is 2260. The van der Waals surface area contributed by atoms with Crippen LogP contribution in [0.1, 0.15) is 35.6 Å². The summed E-state index contributed by atoms with van der Waals surface area (Å²) in [4.78, 5) is 69.5. The van der Waals surface area contributed by atoms with E-state index in [9.17, 15) is 29.1 Å². The third-order valence-electron chi connectivity index (χ3n) is 9.70. The molecule has 1 aromatic carbocycles. The first-order valence-electron chi connectivity index (χ1n) is 15.0. The number of alkyl halides is 2. The average Bonchev–Trinajstić information content (AvgIpc) is 3.69. The minimum absolute atomic E-state index is 0.0535. The Morgan fingerprint density at radius 3 is 2.40 bits per heavy atom. The largest absolute Gasteiger partial charge is 0.493 e. The van der Waals surface area contributed by atoms with Crippen LogP contribution in [0.5, 0.6) is 11.5 Å². The molecule has 0 radical (unpaired) electrons. The number of methoxy groups -OCH3 is 2. The maximum Gasteiger partial charge on any atom is 0.347 e. The van der Waals surface area contributed by atoms with Gasteiger partial charge in [-0.05, 0) is 17.7 Å². The van der Waals surface area contributed by atoms with E-state index in [4.69, 9.17) is 37.1 Å². The van der Waals surface area contributed by atoms with Crippen molar-refractivity contribution in [1.82, 2.24) is 28.4 Å². The van der Waals surface area contributed by atoms with Gasteiger partial charge in [-0.15, -0.1) is 23.2 Å². The maximum absolute atomic E-state index is 14.1. The molecular weight excluding hydrogens is 671 g/mol. The third kappa shape index (κ3) is 4.10. The van der Waals surface area contributed by atoms with Gasteiger partial charge in [-0.3, -0.25) is 19.3 Å². The van der Waals surface area contributed by atoms with Gasteiger partial charge >= 0.3 is 11.4 Å². The highest BCUT2D eigenvalue weighted by Crippen LogP contribution is 2.63. The molecule has 2 fully saturated rings. The number of allylic oxidation sites excluding steroid dienone is 2. The number of aliphatic hydroxyl groups excluding tert-OH is 1. The molecule has 2 amide bonds. The molecular formula is C31H30Cl2N6O9. The zero-order valence-electron chi connectivity index (χ0n) is 26.2. The Morgan fingerprint density at radius 2 is 1.73 bits per heavy atom. The summed E-state index contributed by atoms with van der Waals surface area (Å²) in [5, 5.41) is 9.66. The Morgan fingerprint density at radius 1 is 1.02 bits per heavy atom. The van der Waals surface area contributed by atoms with Crippen LogP contribution in [0.25, 0.3) is 11.0 Å². The summed E-state index contributed by atoms with van der Waals surface area (Å²) in [6, 6.07) is 5.36. The summed E-state index contributed by atoms with van der Waals surface area (Å²) in [5.74, 6) is -1.39. The summed E-state index contributed by atoms with van der Waals surface area (Å²) in [6.45, 7) is -0.669. The molecule has 1 saturated carbocycles. The summed E-state index contributed by atoms with van der Waals surface area (Å²) in [7, 11) is 5.83. The normalized spacial score (nSPS) is 24.8. The second kappa shape index (κ2) is 11.0. The first-order valence-corrected chi connectivity index (χ1v) is 15.7. The highest BCUT2D eigenvalue weighted by molar-refractivity contribution is 6.53. The average molecular weight is 702 g/mol. The maximum atomic E-state index is 14.1. The third-order valence-corrected chi connectivity index (χ3v) is 11.1. The Kier molecular flexibility index (Phi) is 7.31. The highest BCUT2D eigenvalue weighted by Gasteiger charge is 2.75. The van der Waals surface area contributed by atoms with Gasteiger partial charge in [-0.1, -0.05) is 6.08 Å². The van der Waals surface area contributed by atoms with E-state index in [-0.39, 0.29) is 43.1 Å². The molecule has 3 aliphatic rings. The fourth-order valence-corrected chi connectivity index (χ4v) is 8.26. The van der Waals surface area contributed by atoms with Crippen molar-refractivity contribution in [3.8, 4) is 11.5 Å². The molecule has 2 aliphatic heterocycles. The first kappa shape index (κ1) is 32.0. The van der Waals surface area contributed by atoms with E-state index in [1.54, 1.807) is 25.3 Å². The van der Waals surface area contributed by atoms with E-state index in [1.165, 1.54) is 47.3 Å². The number of carbonyl (C=O) groups excluding carboxylic acids is 2. The number of carbonyl (C=O) groups is 2. The van der Waals surface area contributed by atoms with Gasteiger partial charge in [0.1, 0.15) is 23.8 Å². The number of aryl methyl sites for hydroxylation is 2. The molecule has 4 aromatic rings. The summed E-state index contributed by atoms with van der Waals surface area (Å²) >= 11 is 14.2.